The second-order valence-electron chi connectivity index (χ2n) is 5.38. The first-order valence-electron chi connectivity index (χ1n) is 7.45. The maximum atomic E-state index is 5.73. The van der Waals surface area contributed by atoms with Crippen LogP contribution in [0.4, 0.5) is 0 Å². The van der Waals surface area contributed by atoms with Crippen molar-refractivity contribution in [1.82, 2.24) is 15.1 Å². The van der Waals surface area contributed by atoms with Gasteiger partial charge in [-0.05, 0) is 37.6 Å². The maximum absolute atomic E-state index is 5.73. The topological polar surface area (TPSA) is 51.4 Å². The maximum Gasteiger partial charge on any atom is 0.257 e. The Morgan fingerprint density at radius 3 is 2.74 bits per heavy atom. The number of thiophene rings is 1. The van der Waals surface area contributed by atoms with Gasteiger partial charge in [0.25, 0.3) is 5.89 Å². The molecule has 2 heterocycles. The van der Waals surface area contributed by atoms with Crippen molar-refractivity contribution < 1.29 is 9.15 Å². The molecule has 0 bridgehead atoms. The third-order valence-corrected chi connectivity index (χ3v) is 4.22. The number of hydrogen-bond donors (Lipinski definition) is 0. The highest BCUT2D eigenvalue weighted by Gasteiger charge is 2.11. The number of aryl methyl sites for hydroxylation is 1. The van der Waals surface area contributed by atoms with Crippen molar-refractivity contribution in [3.05, 3.63) is 53.2 Å². The van der Waals surface area contributed by atoms with Crippen LogP contribution in [0.3, 0.4) is 0 Å². The second kappa shape index (κ2) is 7.39. The summed E-state index contributed by atoms with van der Waals surface area (Å²) in [5, 5.41) is 10.2. The van der Waals surface area contributed by atoms with E-state index in [1.165, 1.54) is 5.56 Å². The fraction of sp³-hybridized carbons (Fsp3) is 0.294. The minimum atomic E-state index is 0.583. The van der Waals surface area contributed by atoms with Gasteiger partial charge in [0.1, 0.15) is 12.4 Å². The molecule has 0 aliphatic carbocycles. The van der Waals surface area contributed by atoms with Crippen molar-refractivity contribution in [3.8, 4) is 16.5 Å². The number of benzene rings is 1. The van der Waals surface area contributed by atoms with Gasteiger partial charge in [-0.2, -0.15) is 0 Å². The van der Waals surface area contributed by atoms with Crippen LogP contribution in [-0.4, -0.2) is 35.3 Å². The lowest BCUT2D eigenvalue weighted by Crippen LogP contribution is -2.24. The zero-order valence-electron chi connectivity index (χ0n) is 13.2. The molecule has 0 saturated heterocycles. The summed E-state index contributed by atoms with van der Waals surface area (Å²) in [4.78, 5) is 3.09. The van der Waals surface area contributed by atoms with Crippen molar-refractivity contribution in [1.29, 1.82) is 0 Å². The molecule has 3 rings (SSSR count). The van der Waals surface area contributed by atoms with E-state index in [0.717, 1.165) is 17.2 Å². The lowest BCUT2D eigenvalue weighted by Gasteiger charge is -2.14. The normalized spacial score (nSPS) is 11.1. The lowest BCUT2D eigenvalue weighted by molar-refractivity contribution is 0.220. The Kier molecular flexibility index (Phi) is 5.05. The van der Waals surface area contributed by atoms with Crippen LogP contribution in [0.15, 0.2) is 46.2 Å². The molecule has 0 spiro atoms. The van der Waals surface area contributed by atoms with E-state index in [2.05, 4.69) is 22.0 Å². The zero-order chi connectivity index (χ0) is 16.1. The van der Waals surface area contributed by atoms with Crippen LogP contribution >= 0.6 is 11.3 Å². The first kappa shape index (κ1) is 15.7. The summed E-state index contributed by atoms with van der Waals surface area (Å²) in [5.74, 6) is 2.09. The van der Waals surface area contributed by atoms with E-state index >= 15 is 0 Å². The molecule has 0 N–H and O–H groups in total. The second-order valence-corrected chi connectivity index (χ2v) is 6.33. The molecule has 0 fully saturated rings. The van der Waals surface area contributed by atoms with Gasteiger partial charge in [0.2, 0.25) is 5.89 Å². The van der Waals surface area contributed by atoms with Crippen LogP contribution in [0, 0.1) is 6.92 Å². The third-order valence-electron chi connectivity index (χ3n) is 3.37. The first-order valence-corrected chi connectivity index (χ1v) is 8.33. The Hall–Kier alpha value is -2.18. The van der Waals surface area contributed by atoms with Crippen LogP contribution in [0.2, 0.25) is 0 Å². The highest BCUT2D eigenvalue weighted by atomic mass is 32.1. The molecular weight excluding hydrogens is 310 g/mol. The van der Waals surface area contributed by atoms with Gasteiger partial charge in [0, 0.05) is 6.54 Å². The van der Waals surface area contributed by atoms with E-state index in [4.69, 9.17) is 9.15 Å². The molecule has 0 atom stereocenters. The average molecular weight is 329 g/mol. The highest BCUT2D eigenvalue weighted by Crippen LogP contribution is 2.23. The van der Waals surface area contributed by atoms with Gasteiger partial charge in [-0.25, -0.2) is 0 Å². The Morgan fingerprint density at radius 1 is 1.17 bits per heavy atom. The summed E-state index contributed by atoms with van der Waals surface area (Å²) in [7, 11) is 2.01. The zero-order valence-corrected chi connectivity index (χ0v) is 14.0. The molecular formula is C17H19N3O2S. The summed E-state index contributed by atoms with van der Waals surface area (Å²) in [6.07, 6.45) is 0. The summed E-state index contributed by atoms with van der Waals surface area (Å²) >= 11 is 1.59. The Morgan fingerprint density at radius 2 is 2.00 bits per heavy atom. The lowest BCUT2D eigenvalue weighted by atomic mass is 10.2. The van der Waals surface area contributed by atoms with Gasteiger partial charge < -0.3 is 9.15 Å². The van der Waals surface area contributed by atoms with Gasteiger partial charge in [-0.3, -0.25) is 4.90 Å². The molecule has 120 valence electrons. The minimum absolute atomic E-state index is 0.583. The van der Waals surface area contributed by atoms with Crippen molar-refractivity contribution in [2.24, 2.45) is 0 Å². The summed E-state index contributed by atoms with van der Waals surface area (Å²) in [5.41, 5.74) is 1.23. The van der Waals surface area contributed by atoms with Gasteiger partial charge >= 0.3 is 0 Å². The van der Waals surface area contributed by atoms with Crippen molar-refractivity contribution in [2.45, 2.75) is 13.5 Å². The molecule has 2 aromatic heterocycles. The molecule has 6 heteroatoms. The monoisotopic (exact) mass is 329 g/mol. The molecule has 0 amide bonds. The number of likely N-dealkylation sites (N-methyl/N-ethyl adjacent to an activating group) is 1. The summed E-state index contributed by atoms with van der Waals surface area (Å²) in [6.45, 7) is 4.07. The molecule has 23 heavy (non-hydrogen) atoms. The standard InChI is InChI=1S/C17H19N3O2S/c1-13-5-7-14(8-6-13)21-10-9-20(2)12-16-18-19-17(22-16)15-4-3-11-23-15/h3-8,11H,9-10,12H2,1-2H3. The smallest absolute Gasteiger partial charge is 0.257 e. The van der Waals surface area contributed by atoms with Crippen LogP contribution in [0.5, 0.6) is 5.75 Å². The van der Waals surface area contributed by atoms with Crippen LogP contribution in [0.1, 0.15) is 11.5 Å². The van der Waals surface area contributed by atoms with Crippen LogP contribution in [0.25, 0.3) is 10.8 Å². The fourth-order valence-electron chi connectivity index (χ4n) is 2.08. The predicted octanol–water partition coefficient (Wildman–Crippen LogP) is 3.62. The molecule has 0 unspecified atom stereocenters. The minimum Gasteiger partial charge on any atom is -0.492 e. The van der Waals surface area contributed by atoms with Crippen LogP contribution in [-0.2, 0) is 6.54 Å². The Labute approximate surface area is 139 Å². The quantitative estimate of drug-likeness (QED) is 0.663. The Balaban J connectivity index is 1.46. The number of rotatable bonds is 7. The third kappa shape index (κ3) is 4.40. The number of ether oxygens (including phenoxy) is 1. The van der Waals surface area contributed by atoms with E-state index < -0.39 is 0 Å². The molecule has 1 aromatic carbocycles. The predicted molar refractivity (Wildman–Crippen MR) is 90.6 cm³/mol. The van der Waals surface area contributed by atoms with Gasteiger partial charge in [-0.1, -0.05) is 23.8 Å². The van der Waals surface area contributed by atoms with Crippen molar-refractivity contribution in [2.75, 3.05) is 20.2 Å². The molecule has 3 aromatic rings. The summed E-state index contributed by atoms with van der Waals surface area (Å²) < 4.78 is 11.4. The largest absolute Gasteiger partial charge is 0.492 e. The molecule has 5 nitrogen and oxygen atoms in total. The average Bonchev–Trinajstić information content (AvgIpc) is 3.20. The van der Waals surface area contributed by atoms with Gasteiger partial charge in [0.05, 0.1) is 11.4 Å². The van der Waals surface area contributed by atoms with Crippen LogP contribution < -0.4 is 4.74 Å². The molecule has 0 radical (unpaired) electrons. The van der Waals surface area contributed by atoms with E-state index in [0.29, 0.717) is 24.9 Å². The number of hydrogen-bond acceptors (Lipinski definition) is 6. The number of nitrogens with zero attached hydrogens (tertiary/aromatic N) is 3. The first-order chi connectivity index (χ1) is 11.2. The van der Waals surface area contributed by atoms with E-state index in [-0.39, 0.29) is 0 Å². The SMILES string of the molecule is Cc1ccc(OCCN(C)Cc2nnc(-c3cccs3)o2)cc1. The Bertz CT molecular complexity index is 723. The van der Waals surface area contributed by atoms with E-state index in [1.807, 2.05) is 48.8 Å². The number of aromatic nitrogens is 2. The summed E-state index contributed by atoms with van der Waals surface area (Å²) in [6, 6.07) is 12.0. The van der Waals surface area contributed by atoms with Gasteiger partial charge in [0.15, 0.2) is 0 Å². The van der Waals surface area contributed by atoms with Gasteiger partial charge in [-0.15, -0.1) is 21.5 Å². The van der Waals surface area contributed by atoms with Crippen molar-refractivity contribution in [3.63, 3.8) is 0 Å². The fourth-order valence-corrected chi connectivity index (χ4v) is 2.73. The molecule has 0 saturated carbocycles. The molecule has 0 aliphatic rings. The molecule has 0 aliphatic heterocycles. The van der Waals surface area contributed by atoms with E-state index in [1.54, 1.807) is 11.3 Å². The van der Waals surface area contributed by atoms with E-state index in [9.17, 15) is 0 Å². The highest BCUT2D eigenvalue weighted by molar-refractivity contribution is 7.13. The van der Waals surface area contributed by atoms with Crippen molar-refractivity contribution >= 4 is 11.3 Å².